The van der Waals surface area contributed by atoms with E-state index < -0.39 is 0 Å². The summed E-state index contributed by atoms with van der Waals surface area (Å²) in [4.78, 5) is 10.9. The number of esters is 1. The average molecular weight is 667 g/mol. The molecule has 0 rings (SSSR count). The molecular weight excluding hydrogens is 615 g/mol. The van der Waals surface area contributed by atoms with Gasteiger partial charge in [0.1, 0.15) is 0 Å². The molecule has 0 saturated carbocycles. The molecule has 0 radical (unpaired) electrons. The summed E-state index contributed by atoms with van der Waals surface area (Å²) >= 11 is 2.42. The highest BCUT2D eigenvalue weighted by atomic mass is 127. The highest BCUT2D eigenvalue weighted by Crippen LogP contribution is 2.02. The van der Waals surface area contributed by atoms with Crippen molar-refractivity contribution in [3.05, 3.63) is 0 Å². The van der Waals surface area contributed by atoms with Gasteiger partial charge in [0.25, 0.3) is 0 Å². The largest absolute Gasteiger partial charge is 0.469 e. The van der Waals surface area contributed by atoms with Gasteiger partial charge in [-0.1, -0.05) is 35.4 Å². The predicted octanol–water partition coefficient (Wildman–Crippen LogP) is 2.69. The summed E-state index contributed by atoms with van der Waals surface area (Å²) in [5, 5.41) is 0. The van der Waals surface area contributed by atoms with Crippen LogP contribution >= 0.6 is 22.6 Å². The molecular formula is C26H51IO11. The van der Waals surface area contributed by atoms with E-state index in [-0.39, 0.29) is 12.4 Å². The number of carbonyl (C=O) groups is 1. The fourth-order valence-corrected chi connectivity index (χ4v) is 3.31. The Morgan fingerprint density at radius 2 is 0.711 bits per heavy atom. The van der Waals surface area contributed by atoms with Gasteiger partial charge < -0.3 is 47.4 Å². The van der Waals surface area contributed by atoms with Crippen molar-refractivity contribution in [3.8, 4) is 0 Å². The summed E-state index contributed by atoms with van der Waals surface area (Å²) in [5.74, 6) is -0.281. The number of hydrogen-bond acceptors (Lipinski definition) is 11. The summed E-state index contributed by atoms with van der Waals surface area (Å²) in [6.07, 6.45) is 5.23. The second-order valence-corrected chi connectivity index (χ2v) is 9.02. The first-order valence-electron chi connectivity index (χ1n) is 13.6. The minimum Gasteiger partial charge on any atom is -0.469 e. The Balaban J connectivity index is 3.03. The number of halogens is 1. The lowest BCUT2D eigenvalue weighted by Crippen LogP contribution is -2.15. The Morgan fingerprint density at radius 1 is 0.421 bits per heavy atom. The SMILES string of the molecule is COC(=O)CCOCCOCCOCCOCCOCCOCCOCCOCCOCCCCCCI. The Kier molecular flexibility index (Phi) is 34.7. The van der Waals surface area contributed by atoms with Gasteiger partial charge >= 0.3 is 5.97 Å². The zero-order valence-corrected chi connectivity index (χ0v) is 25.5. The van der Waals surface area contributed by atoms with Gasteiger partial charge in [0, 0.05) is 6.61 Å². The van der Waals surface area contributed by atoms with Gasteiger partial charge in [-0.2, -0.15) is 0 Å². The lowest BCUT2D eigenvalue weighted by atomic mass is 10.2. The van der Waals surface area contributed by atoms with Crippen LogP contribution in [0.1, 0.15) is 32.1 Å². The van der Waals surface area contributed by atoms with E-state index in [1.165, 1.54) is 30.8 Å². The van der Waals surface area contributed by atoms with Crippen molar-refractivity contribution >= 4 is 28.6 Å². The first-order chi connectivity index (χ1) is 18.8. The van der Waals surface area contributed by atoms with Gasteiger partial charge in [-0.3, -0.25) is 4.79 Å². The monoisotopic (exact) mass is 666 g/mol. The molecule has 0 bridgehead atoms. The topological polar surface area (TPSA) is 109 Å². The van der Waals surface area contributed by atoms with Crippen LogP contribution < -0.4 is 0 Å². The average Bonchev–Trinajstić information content (AvgIpc) is 2.93. The first-order valence-corrected chi connectivity index (χ1v) is 15.2. The van der Waals surface area contributed by atoms with Crippen molar-refractivity contribution < 1.29 is 52.2 Å². The third-order valence-corrected chi connectivity index (χ3v) is 5.59. The molecule has 0 aromatic heterocycles. The molecule has 0 spiro atoms. The van der Waals surface area contributed by atoms with Gasteiger partial charge in [-0.05, 0) is 17.3 Å². The van der Waals surface area contributed by atoms with Crippen LogP contribution in [0.3, 0.4) is 0 Å². The van der Waals surface area contributed by atoms with E-state index in [1.807, 2.05) is 0 Å². The molecule has 0 N–H and O–H groups in total. The van der Waals surface area contributed by atoms with E-state index in [0.717, 1.165) is 13.0 Å². The smallest absolute Gasteiger partial charge is 0.307 e. The molecule has 0 amide bonds. The van der Waals surface area contributed by atoms with Gasteiger partial charge in [-0.15, -0.1) is 0 Å². The van der Waals surface area contributed by atoms with Crippen LogP contribution in [0.5, 0.6) is 0 Å². The molecule has 0 fully saturated rings. The predicted molar refractivity (Wildman–Crippen MR) is 151 cm³/mol. The summed E-state index contributed by atoms with van der Waals surface area (Å²) in [7, 11) is 1.36. The fraction of sp³-hybridized carbons (Fsp3) is 0.962. The highest BCUT2D eigenvalue weighted by Gasteiger charge is 1.99. The fourth-order valence-electron chi connectivity index (χ4n) is 2.77. The molecule has 0 atom stereocenters. The van der Waals surface area contributed by atoms with E-state index >= 15 is 0 Å². The lowest BCUT2D eigenvalue weighted by molar-refractivity contribution is -0.141. The first kappa shape index (κ1) is 37.8. The molecule has 0 saturated heterocycles. The summed E-state index contributed by atoms with van der Waals surface area (Å²) in [6.45, 7) is 9.53. The van der Waals surface area contributed by atoms with E-state index in [2.05, 4.69) is 27.3 Å². The maximum absolute atomic E-state index is 10.9. The van der Waals surface area contributed by atoms with E-state index in [4.69, 9.17) is 42.6 Å². The van der Waals surface area contributed by atoms with Gasteiger partial charge in [0.2, 0.25) is 0 Å². The van der Waals surface area contributed by atoms with Crippen LogP contribution in [0.25, 0.3) is 0 Å². The number of rotatable bonds is 33. The summed E-state index contributed by atoms with van der Waals surface area (Å²) in [5.41, 5.74) is 0. The second-order valence-electron chi connectivity index (χ2n) is 7.94. The van der Waals surface area contributed by atoms with Crippen molar-refractivity contribution in [2.24, 2.45) is 0 Å². The number of unbranched alkanes of at least 4 members (excludes halogenated alkanes) is 3. The third kappa shape index (κ3) is 33.9. The standard InChI is InChI=1S/C26H51IO11/c1-29-26(28)6-9-31-11-13-33-15-17-35-19-21-37-23-25-38-24-22-36-20-18-34-16-14-32-12-10-30-8-5-3-2-4-7-27/h2-25H2,1H3. The Morgan fingerprint density at radius 3 is 1.03 bits per heavy atom. The van der Waals surface area contributed by atoms with Crippen LogP contribution in [0, 0.1) is 0 Å². The van der Waals surface area contributed by atoms with Gasteiger partial charge in [0.05, 0.1) is 126 Å². The molecule has 0 aliphatic heterocycles. The maximum atomic E-state index is 10.9. The van der Waals surface area contributed by atoms with Crippen molar-refractivity contribution in [3.63, 3.8) is 0 Å². The van der Waals surface area contributed by atoms with Gasteiger partial charge in [-0.25, -0.2) is 0 Å². The quantitative estimate of drug-likeness (QED) is 0.0447. The van der Waals surface area contributed by atoms with Crippen LogP contribution in [0.15, 0.2) is 0 Å². The number of methoxy groups -OCH3 is 1. The third-order valence-electron chi connectivity index (χ3n) is 4.83. The van der Waals surface area contributed by atoms with Crippen molar-refractivity contribution in [1.29, 1.82) is 0 Å². The van der Waals surface area contributed by atoms with Gasteiger partial charge in [0.15, 0.2) is 0 Å². The van der Waals surface area contributed by atoms with Crippen LogP contribution in [-0.2, 0) is 52.2 Å². The molecule has 0 aliphatic carbocycles. The Labute approximate surface area is 242 Å². The molecule has 38 heavy (non-hydrogen) atoms. The minimum atomic E-state index is -0.281. The summed E-state index contributed by atoms with van der Waals surface area (Å²) in [6, 6.07) is 0. The van der Waals surface area contributed by atoms with Crippen LogP contribution in [0.2, 0.25) is 0 Å². The highest BCUT2D eigenvalue weighted by molar-refractivity contribution is 14.1. The molecule has 0 aromatic carbocycles. The molecule has 0 unspecified atom stereocenters. The maximum Gasteiger partial charge on any atom is 0.307 e. The number of hydrogen-bond donors (Lipinski definition) is 0. The number of alkyl halides is 1. The van der Waals surface area contributed by atoms with Crippen LogP contribution in [-0.4, -0.2) is 136 Å². The molecule has 228 valence electrons. The minimum absolute atomic E-state index is 0.251. The van der Waals surface area contributed by atoms with Crippen molar-refractivity contribution in [1.82, 2.24) is 0 Å². The Hall–Kier alpha value is -0.160. The van der Waals surface area contributed by atoms with Crippen molar-refractivity contribution in [2.45, 2.75) is 32.1 Å². The summed E-state index contributed by atoms with van der Waals surface area (Å²) < 4.78 is 54.6. The molecule has 11 nitrogen and oxygen atoms in total. The molecule has 0 heterocycles. The zero-order valence-electron chi connectivity index (χ0n) is 23.3. The number of ether oxygens (including phenoxy) is 10. The van der Waals surface area contributed by atoms with E-state index in [1.54, 1.807) is 0 Å². The molecule has 0 aromatic rings. The number of carbonyl (C=O) groups excluding carboxylic acids is 1. The lowest BCUT2D eigenvalue weighted by Gasteiger charge is -2.09. The molecule has 0 aliphatic rings. The molecule has 12 heteroatoms. The zero-order chi connectivity index (χ0) is 27.6. The van der Waals surface area contributed by atoms with Crippen LogP contribution in [0.4, 0.5) is 0 Å². The normalized spacial score (nSPS) is 11.3. The van der Waals surface area contributed by atoms with Crippen molar-refractivity contribution in [2.75, 3.05) is 130 Å². The Bertz CT molecular complexity index is 461. The van der Waals surface area contributed by atoms with E-state index in [9.17, 15) is 4.79 Å². The van der Waals surface area contributed by atoms with E-state index in [0.29, 0.717) is 112 Å². The second kappa shape index (κ2) is 34.9.